The minimum absolute atomic E-state index is 0.0409. The molecule has 1 aromatic heterocycles. The van der Waals surface area contributed by atoms with Crippen molar-refractivity contribution in [3.05, 3.63) is 54.5 Å². The summed E-state index contributed by atoms with van der Waals surface area (Å²) in [4.78, 5) is 4.26. The number of aromatic nitrogens is 1. The molecule has 21 heavy (non-hydrogen) atoms. The Hall–Kier alpha value is -2.82. The molecule has 5 heteroatoms. The molecule has 3 aromatic rings. The summed E-state index contributed by atoms with van der Waals surface area (Å²) in [6, 6.07) is 11.8. The summed E-state index contributed by atoms with van der Waals surface area (Å²) in [6.45, 7) is 0. The average molecular weight is 284 g/mol. The van der Waals surface area contributed by atoms with E-state index < -0.39 is 5.82 Å². The normalized spacial score (nSPS) is 10.6. The first kappa shape index (κ1) is 13.2. The van der Waals surface area contributed by atoms with Crippen LogP contribution in [-0.2, 0) is 0 Å². The predicted octanol–water partition coefficient (Wildman–Crippen LogP) is 3.76. The third-order valence-electron chi connectivity index (χ3n) is 3.10. The van der Waals surface area contributed by atoms with Gasteiger partial charge >= 0.3 is 0 Å². The minimum atomic E-state index is -0.554. The van der Waals surface area contributed by atoms with Crippen LogP contribution in [0.4, 0.5) is 10.1 Å². The second-order valence-electron chi connectivity index (χ2n) is 4.46. The van der Waals surface area contributed by atoms with E-state index in [0.717, 1.165) is 5.39 Å². The maximum absolute atomic E-state index is 14.0. The van der Waals surface area contributed by atoms with Gasteiger partial charge in [0.05, 0.1) is 12.8 Å². The Labute approximate surface area is 120 Å². The van der Waals surface area contributed by atoms with E-state index in [4.69, 9.17) is 15.2 Å². The number of fused-ring (bicyclic) bond motifs is 1. The van der Waals surface area contributed by atoms with Crippen molar-refractivity contribution >= 4 is 16.6 Å². The zero-order valence-corrected chi connectivity index (χ0v) is 11.3. The van der Waals surface area contributed by atoms with Crippen molar-refractivity contribution in [3.63, 3.8) is 0 Å². The van der Waals surface area contributed by atoms with Crippen molar-refractivity contribution in [3.8, 4) is 17.2 Å². The lowest BCUT2D eigenvalue weighted by molar-refractivity contribution is 0.404. The van der Waals surface area contributed by atoms with E-state index in [2.05, 4.69) is 4.98 Å². The van der Waals surface area contributed by atoms with Crippen molar-refractivity contribution in [1.82, 2.24) is 4.98 Å². The second-order valence-corrected chi connectivity index (χ2v) is 4.46. The molecular formula is C16H13FN2O2. The first-order chi connectivity index (χ1) is 10.2. The molecule has 2 aromatic carbocycles. The van der Waals surface area contributed by atoms with E-state index in [1.54, 1.807) is 12.3 Å². The summed E-state index contributed by atoms with van der Waals surface area (Å²) in [6.07, 6.45) is 1.66. The Bertz CT molecular complexity index is 800. The summed E-state index contributed by atoms with van der Waals surface area (Å²) < 4.78 is 24.7. The highest BCUT2D eigenvalue weighted by Crippen LogP contribution is 2.34. The van der Waals surface area contributed by atoms with Crippen LogP contribution >= 0.6 is 0 Å². The predicted molar refractivity (Wildman–Crippen MR) is 79.2 cm³/mol. The topological polar surface area (TPSA) is 57.4 Å². The number of ether oxygens (including phenoxy) is 2. The molecule has 0 unspecified atom stereocenters. The van der Waals surface area contributed by atoms with Gasteiger partial charge < -0.3 is 15.2 Å². The summed E-state index contributed by atoms with van der Waals surface area (Å²) >= 11 is 0. The molecule has 0 aliphatic carbocycles. The van der Waals surface area contributed by atoms with Gasteiger partial charge in [0.1, 0.15) is 11.3 Å². The number of para-hydroxylation sites is 1. The van der Waals surface area contributed by atoms with E-state index in [1.807, 2.05) is 24.3 Å². The number of pyridine rings is 1. The van der Waals surface area contributed by atoms with Crippen LogP contribution in [-0.4, -0.2) is 12.1 Å². The number of nitrogen functional groups attached to an aromatic ring is 1. The third kappa shape index (κ3) is 2.45. The first-order valence-electron chi connectivity index (χ1n) is 6.33. The number of hydrogen-bond acceptors (Lipinski definition) is 4. The number of rotatable bonds is 3. The molecular weight excluding hydrogens is 271 g/mol. The highest BCUT2D eigenvalue weighted by molar-refractivity contribution is 5.84. The van der Waals surface area contributed by atoms with Crippen molar-refractivity contribution in [2.45, 2.75) is 0 Å². The summed E-state index contributed by atoms with van der Waals surface area (Å²) in [5.74, 6) is 0.318. The zero-order chi connectivity index (χ0) is 14.8. The third-order valence-corrected chi connectivity index (χ3v) is 3.10. The van der Waals surface area contributed by atoms with Crippen LogP contribution < -0.4 is 15.2 Å². The maximum Gasteiger partial charge on any atom is 0.168 e. The van der Waals surface area contributed by atoms with E-state index in [-0.39, 0.29) is 11.4 Å². The number of nitrogens with two attached hydrogens (primary N) is 1. The van der Waals surface area contributed by atoms with Gasteiger partial charge in [-0.1, -0.05) is 18.2 Å². The molecule has 0 bridgehead atoms. The van der Waals surface area contributed by atoms with Gasteiger partial charge in [-0.2, -0.15) is 0 Å². The number of anilines is 1. The Morgan fingerprint density at radius 3 is 2.67 bits per heavy atom. The lowest BCUT2D eigenvalue weighted by Gasteiger charge is -2.11. The zero-order valence-electron chi connectivity index (χ0n) is 11.3. The van der Waals surface area contributed by atoms with Crippen molar-refractivity contribution in [1.29, 1.82) is 0 Å². The highest BCUT2D eigenvalue weighted by Gasteiger charge is 2.12. The van der Waals surface area contributed by atoms with Crippen molar-refractivity contribution < 1.29 is 13.9 Å². The van der Waals surface area contributed by atoms with E-state index >= 15 is 0 Å². The minimum Gasteiger partial charge on any atom is -0.494 e. The molecule has 4 nitrogen and oxygen atoms in total. The maximum atomic E-state index is 14.0. The second kappa shape index (κ2) is 5.28. The number of nitrogens with zero attached hydrogens (tertiary/aromatic N) is 1. The van der Waals surface area contributed by atoms with Crippen LogP contribution in [0.5, 0.6) is 17.2 Å². The Morgan fingerprint density at radius 2 is 1.86 bits per heavy atom. The fourth-order valence-corrected chi connectivity index (χ4v) is 2.08. The Kier molecular flexibility index (Phi) is 3.31. The molecule has 0 fully saturated rings. The number of hydrogen-bond donors (Lipinski definition) is 1. The van der Waals surface area contributed by atoms with Gasteiger partial charge in [-0.25, -0.2) is 4.39 Å². The standard InChI is InChI=1S/C16H13FN2O2/c1-20-15-9-14(11(17)8-12(15)18)21-13-6-2-4-10-5-3-7-19-16(10)13/h2-9H,18H2,1H3. The van der Waals surface area contributed by atoms with Gasteiger partial charge in [0.15, 0.2) is 17.3 Å². The molecule has 0 aliphatic rings. The van der Waals surface area contributed by atoms with E-state index in [0.29, 0.717) is 17.0 Å². The summed E-state index contributed by atoms with van der Waals surface area (Å²) in [5, 5.41) is 0.915. The molecule has 0 saturated carbocycles. The molecule has 106 valence electrons. The highest BCUT2D eigenvalue weighted by atomic mass is 19.1. The molecule has 0 aliphatic heterocycles. The van der Waals surface area contributed by atoms with Crippen LogP contribution in [0.2, 0.25) is 0 Å². The lowest BCUT2D eigenvalue weighted by Crippen LogP contribution is -1.96. The van der Waals surface area contributed by atoms with E-state index in [1.165, 1.54) is 19.2 Å². The molecule has 3 rings (SSSR count). The number of benzene rings is 2. The molecule has 0 atom stereocenters. The fraction of sp³-hybridized carbons (Fsp3) is 0.0625. The van der Waals surface area contributed by atoms with Gasteiger partial charge in [-0.3, -0.25) is 4.98 Å². The number of methoxy groups -OCH3 is 1. The van der Waals surface area contributed by atoms with Crippen LogP contribution in [0.25, 0.3) is 10.9 Å². The van der Waals surface area contributed by atoms with Gasteiger partial charge in [-0.15, -0.1) is 0 Å². The van der Waals surface area contributed by atoms with Crippen LogP contribution in [0.15, 0.2) is 48.7 Å². The fourth-order valence-electron chi connectivity index (χ4n) is 2.08. The number of halogens is 1. The van der Waals surface area contributed by atoms with Gasteiger partial charge in [0.2, 0.25) is 0 Å². The van der Waals surface area contributed by atoms with Crippen LogP contribution in [0.3, 0.4) is 0 Å². The molecule has 0 amide bonds. The molecule has 2 N–H and O–H groups in total. The van der Waals surface area contributed by atoms with Gasteiger partial charge in [-0.05, 0) is 12.1 Å². The monoisotopic (exact) mass is 284 g/mol. The Morgan fingerprint density at radius 1 is 1.05 bits per heavy atom. The summed E-state index contributed by atoms with van der Waals surface area (Å²) in [5.41, 5.74) is 6.53. The van der Waals surface area contributed by atoms with Crippen molar-refractivity contribution in [2.24, 2.45) is 0 Å². The van der Waals surface area contributed by atoms with Gasteiger partial charge in [0.25, 0.3) is 0 Å². The molecule has 0 radical (unpaired) electrons. The molecule has 1 heterocycles. The smallest absolute Gasteiger partial charge is 0.168 e. The molecule has 0 saturated heterocycles. The van der Waals surface area contributed by atoms with E-state index in [9.17, 15) is 4.39 Å². The Balaban J connectivity index is 2.07. The summed E-state index contributed by atoms with van der Waals surface area (Å²) in [7, 11) is 1.47. The average Bonchev–Trinajstić information content (AvgIpc) is 2.50. The lowest BCUT2D eigenvalue weighted by atomic mass is 10.2. The SMILES string of the molecule is COc1cc(Oc2cccc3cccnc23)c(F)cc1N. The van der Waals surface area contributed by atoms with Crippen LogP contribution in [0, 0.1) is 5.82 Å². The van der Waals surface area contributed by atoms with Crippen molar-refractivity contribution in [2.75, 3.05) is 12.8 Å². The largest absolute Gasteiger partial charge is 0.494 e. The first-order valence-corrected chi connectivity index (χ1v) is 6.33. The van der Waals surface area contributed by atoms with Gasteiger partial charge in [0, 0.05) is 23.7 Å². The van der Waals surface area contributed by atoms with Crippen LogP contribution in [0.1, 0.15) is 0 Å². The molecule has 0 spiro atoms. The quantitative estimate of drug-likeness (QED) is 0.744.